The summed E-state index contributed by atoms with van der Waals surface area (Å²) in [6.45, 7) is 13.8. The molecule has 0 bridgehead atoms. The maximum Gasteiger partial charge on any atom is 0.407 e. The summed E-state index contributed by atoms with van der Waals surface area (Å²) < 4.78 is 5.13. The van der Waals surface area contributed by atoms with E-state index in [2.05, 4.69) is 20.8 Å². The monoisotopic (exact) mass is 577 g/mol. The number of hydrogen-bond acceptors (Lipinski definition) is 10. The first kappa shape index (κ1) is 38.5. The number of rotatable bonds is 11. The lowest BCUT2D eigenvalue weighted by molar-refractivity contribution is -0.107. The van der Waals surface area contributed by atoms with Crippen molar-refractivity contribution in [2.75, 3.05) is 12.4 Å². The summed E-state index contributed by atoms with van der Waals surface area (Å²) in [5.74, 6) is 0.270. The van der Waals surface area contributed by atoms with Crippen molar-refractivity contribution in [2.24, 2.45) is 17.2 Å². The molecule has 226 valence electrons. The lowest BCUT2D eigenvalue weighted by Gasteiger charge is -2.19. The number of carbonyl (C=O) groups is 2. The van der Waals surface area contributed by atoms with Gasteiger partial charge in [0.25, 0.3) is 0 Å². The second kappa shape index (κ2) is 23.3. The summed E-state index contributed by atoms with van der Waals surface area (Å²) in [6.07, 6.45) is 7.98. The van der Waals surface area contributed by atoms with Crippen LogP contribution in [-0.2, 0) is 28.9 Å². The number of unbranched alkanes of at least 4 members (excludes halogenated alkanes) is 1. The van der Waals surface area contributed by atoms with Crippen molar-refractivity contribution in [2.45, 2.75) is 92.7 Å². The zero-order chi connectivity index (χ0) is 31.0. The SMILES string of the molecule is CC.CC.CC(C)(C)OC(=O)NCc1cccc(CC=O)c1.CNc1nnc(CCCC/C(N)=C/C=C(N)N)s1. The average Bonchev–Trinajstić information content (AvgIpc) is 3.39. The summed E-state index contributed by atoms with van der Waals surface area (Å²) in [6, 6.07) is 7.54. The lowest BCUT2D eigenvalue weighted by Crippen LogP contribution is -2.32. The number of nitrogens with two attached hydrogens (primary N) is 3. The van der Waals surface area contributed by atoms with Crippen molar-refractivity contribution < 1.29 is 14.3 Å². The van der Waals surface area contributed by atoms with Crippen molar-refractivity contribution in [1.29, 1.82) is 0 Å². The number of allylic oxidation sites excluding steroid dienone is 3. The topological polar surface area (TPSA) is 171 Å². The van der Waals surface area contributed by atoms with Gasteiger partial charge in [-0.2, -0.15) is 0 Å². The fraction of sp³-hybridized carbons (Fsp3) is 0.517. The number of amides is 1. The molecule has 0 aliphatic carbocycles. The van der Waals surface area contributed by atoms with Crippen molar-refractivity contribution in [3.8, 4) is 0 Å². The third-order valence-corrected chi connectivity index (χ3v) is 5.42. The number of aldehydes is 1. The van der Waals surface area contributed by atoms with Crippen LogP contribution in [-0.4, -0.2) is 35.2 Å². The predicted molar refractivity (Wildman–Crippen MR) is 168 cm³/mol. The Morgan fingerprint density at radius 1 is 1.02 bits per heavy atom. The zero-order valence-corrected chi connectivity index (χ0v) is 26.4. The minimum absolute atomic E-state index is 0.270. The highest BCUT2D eigenvalue weighted by Crippen LogP contribution is 2.17. The Morgan fingerprint density at radius 2 is 1.68 bits per heavy atom. The van der Waals surface area contributed by atoms with E-state index in [1.807, 2.05) is 79.8 Å². The van der Waals surface area contributed by atoms with E-state index in [9.17, 15) is 9.59 Å². The molecule has 0 fully saturated rings. The first-order valence-electron chi connectivity index (χ1n) is 13.7. The van der Waals surface area contributed by atoms with E-state index in [1.165, 1.54) is 0 Å². The van der Waals surface area contributed by atoms with E-state index in [1.54, 1.807) is 23.5 Å². The predicted octanol–water partition coefficient (Wildman–Crippen LogP) is 5.40. The van der Waals surface area contributed by atoms with Crippen molar-refractivity contribution in [3.05, 3.63) is 64.1 Å². The minimum atomic E-state index is -0.497. The van der Waals surface area contributed by atoms with Crippen LogP contribution in [0.3, 0.4) is 0 Å². The van der Waals surface area contributed by atoms with Gasteiger partial charge in [0.15, 0.2) is 0 Å². The number of aromatic nitrogens is 2. The molecule has 1 heterocycles. The van der Waals surface area contributed by atoms with Gasteiger partial charge >= 0.3 is 6.09 Å². The van der Waals surface area contributed by atoms with Gasteiger partial charge in [0.05, 0.1) is 5.82 Å². The Kier molecular flexibility index (Phi) is 22.5. The van der Waals surface area contributed by atoms with Gasteiger partial charge in [-0.1, -0.05) is 63.3 Å². The van der Waals surface area contributed by atoms with Crippen molar-refractivity contribution in [3.63, 3.8) is 0 Å². The molecule has 2 rings (SSSR count). The number of ether oxygens (including phenoxy) is 1. The molecule has 10 nitrogen and oxygen atoms in total. The smallest absolute Gasteiger partial charge is 0.407 e. The van der Waals surface area contributed by atoms with Crippen molar-refractivity contribution >= 4 is 28.8 Å². The van der Waals surface area contributed by atoms with Crippen LogP contribution < -0.4 is 27.8 Å². The molecule has 0 aliphatic rings. The van der Waals surface area contributed by atoms with Gasteiger partial charge in [-0.25, -0.2) is 4.79 Å². The van der Waals surface area contributed by atoms with Gasteiger partial charge in [-0.05, 0) is 63.3 Å². The molecule has 0 spiro atoms. The highest BCUT2D eigenvalue weighted by molar-refractivity contribution is 7.15. The summed E-state index contributed by atoms with van der Waals surface area (Å²) in [5.41, 5.74) is 18.6. The normalized spacial score (nSPS) is 10.2. The first-order valence-corrected chi connectivity index (χ1v) is 14.5. The van der Waals surface area contributed by atoms with Gasteiger partial charge in [0, 0.05) is 32.1 Å². The summed E-state index contributed by atoms with van der Waals surface area (Å²) in [4.78, 5) is 21.9. The fourth-order valence-corrected chi connectivity index (χ4v) is 3.53. The number of carbonyl (C=O) groups excluding carboxylic acids is 2. The second-order valence-corrected chi connectivity index (χ2v) is 9.97. The largest absolute Gasteiger partial charge is 0.444 e. The second-order valence-electron chi connectivity index (χ2n) is 8.91. The Balaban J connectivity index is 0. The van der Waals surface area contributed by atoms with Crippen LogP contribution in [0.5, 0.6) is 0 Å². The molecule has 0 unspecified atom stereocenters. The van der Waals surface area contributed by atoms with Crippen LogP contribution in [0.4, 0.5) is 9.93 Å². The molecule has 1 aromatic heterocycles. The van der Waals surface area contributed by atoms with Gasteiger partial charge < -0.3 is 37.4 Å². The molecule has 8 N–H and O–H groups in total. The number of benzene rings is 1. The quantitative estimate of drug-likeness (QED) is 0.133. The van der Waals surface area contributed by atoms with E-state index < -0.39 is 11.7 Å². The van der Waals surface area contributed by atoms with Crippen LogP contribution >= 0.6 is 11.3 Å². The summed E-state index contributed by atoms with van der Waals surface area (Å²) >= 11 is 1.58. The molecule has 2 aromatic rings. The highest BCUT2D eigenvalue weighted by Gasteiger charge is 2.15. The Labute approximate surface area is 244 Å². The molecular weight excluding hydrogens is 526 g/mol. The maximum atomic E-state index is 11.5. The molecule has 0 radical (unpaired) electrons. The number of aryl methyl sites for hydroxylation is 1. The molecule has 0 aliphatic heterocycles. The van der Waals surface area contributed by atoms with Gasteiger partial charge in [0.2, 0.25) is 5.13 Å². The highest BCUT2D eigenvalue weighted by atomic mass is 32.1. The van der Waals surface area contributed by atoms with E-state index in [0.717, 1.165) is 58.9 Å². The molecule has 40 heavy (non-hydrogen) atoms. The van der Waals surface area contributed by atoms with Crippen LogP contribution in [0.15, 0.2) is 47.9 Å². The number of alkyl carbamates (subject to hydrolysis) is 1. The Morgan fingerprint density at radius 3 is 2.23 bits per heavy atom. The minimum Gasteiger partial charge on any atom is -0.444 e. The van der Waals surface area contributed by atoms with Gasteiger partial charge in [-0.3, -0.25) is 0 Å². The molecular formula is C29H51N7O3S. The van der Waals surface area contributed by atoms with Gasteiger partial charge in [-0.15, -0.1) is 10.2 Å². The molecule has 0 saturated carbocycles. The van der Waals surface area contributed by atoms with E-state index in [4.69, 9.17) is 21.9 Å². The number of anilines is 1. The number of nitrogens with zero attached hydrogens (tertiary/aromatic N) is 2. The number of hydrogen-bond donors (Lipinski definition) is 5. The third kappa shape index (κ3) is 21.3. The van der Waals surface area contributed by atoms with Crippen LogP contribution in [0, 0.1) is 0 Å². The van der Waals surface area contributed by atoms with Gasteiger partial charge in [0.1, 0.15) is 16.9 Å². The first-order chi connectivity index (χ1) is 19.0. The zero-order valence-electron chi connectivity index (χ0n) is 25.5. The van der Waals surface area contributed by atoms with Crippen LogP contribution in [0.25, 0.3) is 0 Å². The Hall–Kier alpha value is -3.60. The molecule has 1 aromatic carbocycles. The van der Waals surface area contributed by atoms with E-state index in [-0.39, 0.29) is 5.82 Å². The fourth-order valence-electron chi connectivity index (χ4n) is 2.80. The summed E-state index contributed by atoms with van der Waals surface area (Å²) in [7, 11) is 1.84. The standard InChI is InChI=1S/C14H19NO3.C11H20N6S.2C2H6/c1-14(2,3)18-13(17)15-10-12-6-4-5-11(9-12)7-8-16;1-15-11-17-16-10(18-11)5-3-2-4-8(12)6-7-9(13)14;2*1-2/h4-6,8-9H,7,10H2,1-3H3,(H,15,17);6-7H,2-5,12-14H2,1H3,(H,15,17);2*1-2H3/b;8-6-;;. The average molecular weight is 578 g/mol. The van der Waals surface area contributed by atoms with E-state index in [0.29, 0.717) is 13.0 Å². The van der Waals surface area contributed by atoms with Crippen molar-refractivity contribution in [1.82, 2.24) is 15.5 Å². The molecule has 11 heteroatoms. The third-order valence-electron chi connectivity index (χ3n) is 4.42. The Bertz CT molecular complexity index is 1010. The molecule has 1 amide bonds. The summed E-state index contributed by atoms with van der Waals surface area (Å²) in [5, 5.41) is 15.6. The van der Waals surface area contributed by atoms with Crippen LogP contribution in [0.1, 0.15) is 83.9 Å². The van der Waals surface area contributed by atoms with E-state index >= 15 is 0 Å². The maximum absolute atomic E-state index is 11.5. The number of nitrogens with one attached hydrogen (secondary N) is 2. The molecule has 0 saturated heterocycles. The molecule has 0 atom stereocenters. The van der Waals surface area contributed by atoms with Crippen LogP contribution in [0.2, 0.25) is 0 Å². The lowest BCUT2D eigenvalue weighted by atomic mass is 10.1.